The number of benzene rings is 1. The molecule has 0 radical (unpaired) electrons. The summed E-state index contributed by atoms with van der Waals surface area (Å²) in [6.07, 6.45) is 0.864. The molecule has 1 aliphatic heterocycles. The van der Waals surface area contributed by atoms with Gasteiger partial charge in [0.1, 0.15) is 11.6 Å². The van der Waals surface area contributed by atoms with Gasteiger partial charge in [-0.1, -0.05) is 22.9 Å². The zero-order chi connectivity index (χ0) is 18.5. The van der Waals surface area contributed by atoms with E-state index in [2.05, 4.69) is 52.3 Å². The number of piperazine rings is 1. The van der Waals surface area contributed by atoms with Gasteiger partial charge in [-0.25, -0.2) is 9.37 Å². The predicted octanol–water partition coefficient (Wildman–Crippen LogP) is 3.52. The molecule has 1 fully saturated rings. The van der Waals surface area contributed by atoms with Crippen molar-refractivity contribution < 1.29 is 4.39 Å². The maximum absolute atomic E-state index is 13.4. The minimum atomic E-state index is -0.239. The fourth-order valence-electron chi connectivity index (χ4n) is 2.81. The lowest BCUT2D eigenvalue weighted by Crippen LogP contribution is -2.52. The molecule has 27 heavy (non-hydrogen) atoms. The number of guanidine groups is 1. The molecule has 2 heterocycles. The molecule has 0 bridgehead atoms. The van der Waals surface area contributed by atoms with Crippen LogP contribution >= 0.6 is 51.4 Å². The Morgan fingerprint density at radius 2 is 2.07 bits per heavy atom. The smallest absolute Gasteiger partial charge is 0.205 e. The summed E-state index contributed by atoms with van der Waals surface area (Å²) < 4.78 is 18.7. The van der Waals surface area contributed by atoms with Crippen molar-refractivity contribution in [1.29, 1.82) is 0 Å². The van der Waals surface area contributed by atoms with E-state index in [9.17, 15) is 4.39 Å². The van der Waals surface area contributed by atoms with Gasteiger partial charge in [0.25, 0.3) is 0 Å². The summed E-state index contributed by atoms with van der Waals surface area (Å²) in [6, 6.07) is 4.70. The molecule has 6 nitrogen and oxygen atoms in total. The molecule has 0 unspecified atom stereocenters. The Balaban J connectivity index is 0.00000261. The van der Waals surface area contributed by atoms with Crippen molar-refractivity contribution >= 4 is 62.5 Å². The van der Waals surface area contributed by atoms with Crippen LogP contribution in [0.15, 0.2) is 27.7 Å². The molecular formula is C17H23BrFIN6S. The summed E-state index contributed by atoms with van der Waals surface area (Å²) >= 11 is 4.93. The molecule has 0 atom stereocenters. The number of nitrogens with one attached hydrogen (secondary N) is 1. The van der Waals surface area contributed by atoms with Crippen molar-refractivity contribution in [2.45, 2.75) is 19.9 Å². The van der Waals surface area contributed by atoms with Gasteiger partial charge in [-0.2, -0.15) is 4.37 Å². The van der Waals surface area contributed by atoms with Gasteiger partial charge in [-0.05, 0) is 23.8 Å². The first-order valence-corrected chi connectivity index (χ1v) is 10.1. The molecular weight excluding hydrogens is 546 g/mol. The number of aryl methyl sites for hydroxylation is 1. The first-order valence-electron chi connectivity index (χ1n) is 8.57. The van der Waals surface area contributed by atoms with Gasteiger partial charge >= 0.3 is 0 Å². The highest BCUT2D eigenvalue weighted by molar-refractivity contribution is 14.0. The van der Waals surface area contributed by atoms with E-state index in [1.165, 1.54) is 23.7 Å². The zero-order valence-corrected chi connectivity index (χ0v) is 20.0. The third-order valence-electron chi connectivity index (χ3n) is 4.28. The van der Waals surface area contributed by atoms with Crippen LogP contribution in [0.1, 0.15) is 18.3 Å². The molecule has 1 aromatic heterocycles. The third kappa shape index (κ3) is 5.74. The molecule has 0 amide bonds. The average molecular weight is 569 g/mol. The standard InChI is InChI=1S/C17H22BrFN6S.HI/c1-3-15-22-17(26-23-15)25-8-6-24(7-9-25)16(20-2)21-11-12-10-13(19)4-5-14(12)18;/h4-5,10H,3,6-9,11H2,1-2H3,(H,20,21);1H. The second kappa shape index (κ2) is 10.5. The van der Waals surface area contributed by atoms with Gasteiger partial charge in [0.15, 0.2) is 5.96 Å². The second-order valence-electron chi connectivity index (χ2n) is 5.96. The minimum Gasteiger partial charge on any atom is -0.352 e. The molecule has 2 aromatic rings. The van der Waals surface area contributed by atoms with Crippen molar-refractivity contribution in [3.05, 3.63) is 39.9 Å². The molecule has 0 aliphatic carbocycles. The van der Waals surface area contributed by atoms with Gasteiger partial charge < -0.3 is 15.1 Å². The molecule has 0 spiro atoms. The first-order chi connectivity index (χ1) is 12.6. The van der Waals surface area contributed by atoms with Crippen LogP contribution in [0.2, 0.25) is 0 Å². The number of hydrogen-bond acceptors (Lipinski definition) is 5. The summed E-state index contributed by atoms with van der Waals surface area (Å²) in [6.45, 7) is 6.04. The van der Waals surface area contributed by atoms with E-state index in [0.717, 1.165) is 59.6 Å². The van der Waals surface area contributed by atoms with Crippen LogP contribution < -0.4 is 10.2 Å². The molecule has 1 aromatic carbocycles. The van der Waals surface area contributed by atoms with Crippen LogP contribution in [-0.4, -0.2) is 53.4 Å². The van der Waals surface area contributed by atoms with Gasteiger partial charge in [0, 0.05) is 62.2 Å². The highest BCUT2D eigenvalue weighted by Crippen LogP contribution is 2.20. The number of anilines is 1. The molecule has 1 aliphatic rings. The first kappa shape index (κ1) is 22.3. The maximum atomic E-state index is 13.4. The van der Waals surface area contributed by atoms with Crippen molar-refractivity contribution in [2.24, 2.45) is 4.99 Å². The Kier molecular flexibility index (Phi) is 8.67. The van der Waals surface area contributed by atoms with E-state index in [1.807, 2.05) is 0 Å². The van der Waals surface area contributed by atoms with Gasteiger partial charge in [-0.15, -0.1) is 24.0 Å². The molecule has 0 saturated carbocycles. The average Bonchev–Trinajstić information content (AvgIpc) is 3.14. The third-order valence-corrected chi connectivity index (χ3v) is 5.87. The van der Waals surface area contributed by atoms with Gasteiger partial charge in [-0.3, -0.25) is 4.99 Å². The molecule has 148 valence electrons. The highest BCUT2D eigenvalue weighted by Gasteiger charge is 2.22. The van der Waals surface area contributed by atoms with Crippen LogP contribution in [0.25, 0.3) is 0 Å². The monoisotopic (exact) mass is 568 g/mol. The zero-order valence-electron chi connectivity index (χ0n) is 15.3. The van der Waals surface area contributed by atoms with Crippen molar-refractivity contribution in [1.82, 2.24) is 19.6 Å². The van der Waals surface area contributed by atoms with Gasteiger partial charge in [0.05, 0.1) is 0 Å². The number of halogens is 3. The second-order valence-corrected chi connectivity index (χ2v) is 7.54. The van der Waals surface area contributed by atoms with Crippen molar-refractivity contribution in [2.75, 3.05) is 38.1 Å². The molecule has 1 saturated heterocycles. The quantitative estimate of drug-likeness (QED) is 0.347. The van der Waals surface area contributed by atoms with E-state index >= 15 is 0 Å². The van der Waals surface area contributed by atoms with Crippen LogP contribution in [0.4, 0.5) is 9.52 Å². The Labute approximate surface area is 188 Å². The largest absolute Gasteiger partial charge is 0.352 e. The lowest BCUT2D eigenvalue weighted by Gasteiger charge is -2.36. The fourth-order valence-corrected chi connectivity index (χ4v) is 4.00. The Morgan fingerprint density at radius 3 is 2.70 bits per heavy atom. The summed E-state index contributed by atoms with van der Waals surface area (Å²) in [7, 11) is 1.77. The maximum Gasteiger partial charge on any atom is 0.205 e. The topological polar surface area (TPSA) is 56.7 Å². The van der Waals surface area contributed by atoms with Crippen LogP contribution in [0.3, 0.4) is 0 Å². The van der Waals surface area contributed by atoms with Crippen molar-refractivity contribution in [3.8, 4) is 0 Å². The van der Waals surface area contributed by atoms with E-state index < -0.39 is 0 Å². The number of aliphatic imine (C=N–C) groups is 1. The number of rotatable bonds is 4. The van der Waals surface area contributed by atoms with E-state index in [1.54, 1.807) is 13.1 Å². The predicted molar refractivity (Wildman–Crippen MR) is 123 cm³/mol. The van der Waals surface area contributed by atoms with Crippen LogP contribution in [0.5, 0.6) is 0 Å². The molecule has 10 heteroatoms. The minimum absolute atomic E-state index is 0. The lowest BCUT2D eigenvalue weighted by molar-refractivity contribution is 0.372. The Hall–Kier alpha value is -1.01. The van der Waals surface area contributed by atoms with Crippen molar-refractivity contribution in [3.63, 3.8) is 0 Å². The summed E-state index contributed by atoms with van der Waals surface area (Å²) in [4.78, 5) is 13.4. The summed E-state index contributed by atoms with van der Waals surface area (Å²) in [5.41, 5.74) is 0.866. The molecule has 3 rings (SSSR count). The number of nitrogens with zero attached hydrogens (tertiary/aromatic N) is 5. The van der Waals surface area contributed by atoms with E-state index in [4.69, 9.17) is 0 Å². The summed E-state index contributed by atoms with van der Waals surface area (Å²) in [5, 5.41) is 4.32. The van der Waals surface area contributed by atoms with Gasteiger partial charge in [0.2, 0.25) is 5.13 Å². The molecule has 1 N–H and O–H groups in total. The normalized spacial score (nSPS) is 14.9. The van der Waals surface area contributed by atoms with E-state index in [0.29, 0.717) is 6.54 Å². The Bertz CT molecular complexity index is 779. The number of hydrogen-bond donors (Lipinski definition) is 1. The lowest BCUT2D eigenvalue weighted by atomic mass is 10.2. The highest BCUT2D eigenvalue weighted by atomic mass is 127. The fraction of sp³-hybridized carbons (Fsp3) is 0.471. The van der Waals surface area contributed by atoms with Crippen LogP contribution in [-0.2, 0) is 13.0 Å². The summed E-state index contributed by atoms with van der Waals surface area (Å²) in [5.74, 6) is 1.50. The number of aromatic nitrogens is 2. The SMILES string of the molecule is CCc1nsc(N2CCN(C(=NC)NCc3cc(F)ccc3Br)CC2)n1.I. The van der Waals surface area contributed by atoms with Crippen LogP contribution in [0, 0.1) is 5.82 Å². The van der Waals surface area contributed by atoms with E-state index in [-0.39, 0.29) is 29.8 Å². The Morgan fingerprint density at radius 1 is 1.33 bits per heavy atom.